The van der Waals surface area contributed by atoms with E-state index >= 15 is 0 Å². The third kappa shape index (κ3) is 3.71. The lowest BCUT2D eigenvalue weighted by Gasteiger charge is -2.07. The van der Waals surface area contributed by atoms with Gasteiger partial charge >= 0.3 is 0 Å². The maximum absolute atomic E-state index is 5.87. The minimum absolute atomic E-state index is 0.637. The zero-order valence-electron chi connectivity index (χ0n) is 9.09. The third-order valence-electron chi connectivity index (χ3n) is 2.49. The van der Waals surface area contributed by atoms with E-state index in [-0.39, 0.29) is 0 Å². The number of rotatable bonds is 5. The van der Waals surface area contributed by atoms with Crippen molar-refractivity contribution in [2.45, 2.75) is 39.0 Å². The Balaban J connectivity index is 2.49. The van der Waals surface area contributed by atoms with Crippen molar-refractivity contribution in [3.63, 3.8) is 0 Å². The van der Waals surface area contributed by atoms with Crippen LogP contribution in [0.3, 0.4) is 0 Å². The second-order valence-corrected chi connectivity index (χ2v) is 4.46. The zero-order valence-corrected chi connectivity index (χ0v) is 9.85. The van der Waals surface area contributed by atoms with Crippen molar-refractivity contribution in [3.05, 3.63) is 35.4 Å². The molecule has 0 atom stereocenters. The van der Waals surface area contributed by atoms with Crippen LogP contribution in [0, 0.1) is 5.92 Å². The molecular weight excluding hydrogens is 192 g/mol. The van der Waals surface area contributed by atoms with Gasteiger partial charge < -0.3 is 0 Å². The molecule has 1 aromatic carbocycles. The van der Waals surface area contributed by atoms with Crippen LogP contribution in [0.2, 0.25) is 0 Å². The molecule has 14 heavy (non-hydrogen) atoms. The van der Waals surface area contributed by atoms with Gasteiger partial charge in [-0.1, -0.05) is 44.5 Å². The van der Waals surface area contributed by atoms with Gasteiger partial charge in [-0.15, -0.1) is 11.6 Å². The first-order chi connectivity index (χ1) is 6.74. The Bertz CT molecular complexity index is 266. The highest BCUT2D eigenvalue weighted by atomic mass is 35.5. The number of hydrogen-bond donors (Lipinski definition) is 0. The van der Waals surface area contributed by atoms with E-state index in [1.165, 1.54) is 30.4 Å². The van der Waals surface area contributed by atoms with Gasteiger partial charge in [0, 0.05) is 5.88 Å². The zero-order chi connectivity index (χ0) is 10.4. The minimum atomic E-state index is 0.637. The molecule has 1 rings (SSSR count). The monoisotopic (exact) mass is 210 g/mol. The van der Waals surface area contributed by atoms with Crippen molar-refractivity contribution < 1.29 is 0 Å². The standard InChI is InChI=1S/C13H19Cl/c1-11(2)6-5-9-12-7-3-4-8-13(12)10-14/h3-4,7-8,11H,5-6,9-10H2,1-2H3. The van der Waals surface area contributed by atoms with Crippen LogP contribution >= 0.6 is 11.6 Å². The fraction of sp³-hybridized carbons (Fsp3) is 0.538. The predicted molar refractivity (Wildman–Crippen MR) is 63.8 cm³/mol. The molecule has 0 aliphatic rings. The van der Waals surface area contributed by atoms with Crippen molar-refractivity contribution >= 4 is 11.6 Å². The molecular formula is C13H19Cl. The molecule has 1 heteroatoms. The number of alkyl halides is 1. The van der Waals surface area contributed by atoms with E-state index in [9.17, 15) is 0 Å². The van der Waals surface area contributed by atoms with Crippen molar-refractivity contribution in [1.82, 2.24) is 0 Å². The summed E-state index contributed by atoms with van der Waals surface area (Å²) < 4.78 is 0. The summed E-state index contributed by atoms with van der Waals surface area (Å²) in [6.45, 7) is 4.54. The van der Waals surface area contributed by atoms with Gasteiger partial charge in [0.1, 0.15) is 0 Å². The molecule has 0 aliphatic heterocycles. The highest BCUT2D eigenvalue weighted by Crippen LogP contribution is 2.15. The van der Waals surface area contributed by atoms with Crippen LogP contribution in [0.4, 0.5) is 0 Å². The van der Waals surface area contributed by atoms with Crippen LogP contribution in [0.1, 0.15) is 37.8 Å². The molecule has 0 radical (unpaired) electrons. The Labute approximate surface area is 92.3 Å². The van der Waals surface area contributed by atoms with Crippen LogP contribution in [-0.2, 0) is 12.3 Å². The van der Waals surface area contributed by atoms with Crippen molar-refractivity contribution in [3.8, 4) is 0 Å². The average molecular weight is 211 g/mol. The van der Waals surface area contributed by atoms with E-state index in [0.29, 0.717) is 5.88 Å². The average Bonchev–Trinajstić information content (AvgIpc) is 2.18. The van der Waals surface area contributed by atoms with Gasteiger partial charge in [0.15, 0.2) is 0 Å². The lowest BCUT2D eigenvalue weighted by molar-refractivity contribution is 0.555. The van der Waals surface area contributed by atoms with Gasteiger partial charge in [0.05, 0.1) is 0 Å². The second kappa shape index (κ2) is 6.08. The first-order valence-electron chi connectivity index (χ1n) is 5.36. The fourth-order valence-corrected chi connectivity index (χ4v) is 1.89. The smallest absolute Gasteiger partial charge is 0.0476 e. The molecule has 0 heterocycles. The van der Waals surface area contributed by atoms with Crippen molar-refractivity contribution in [1.29, 1.82) is 0 Å². The summed E-state index contributed by atoms with van der Waals surface area (Å²) in [6, 6.07) is 8.47. The summed E-state index contributed by atoms with van der Waals surface area (Å²) >= 11 is 5.87. The summed E-state index contributed by atoms with van der Waals surface area (Å²) in [4.78, 5) is 0. The van der Waals surface area contributed by atoms with Crippen LogP contribution in [0.15, 0.2) is 24.3 Å². The summed E-state index contributed by atoms with van der Waals surface area (Å²) in [5.41, 5.74) is 2.71. The van der Waals surface area contributed by atoms with Crippen molar-refractivity contribution in [2.24, 2.45) is 5.92 Å². The van der Waals surface area contributed by atoms with Gasteiger partial charge in [-0.25, -0.2) is 0 Å². The van der Waals surface area contributed by atoms with Crippen molar-refractivity contribution in [2.75, 3.05) is 0 Å². The SMILES string of the molecule is CC(C)CCCc1ccccc1CCl. The molecule has 0 aliphatic carbocycles. The van der Waals surface area contributed by atoms with E-state index in [2.05, 4.69) is 38.1 Å². The predicted octanol–water partition coefficient (Wildman–Crippen LogP) is 4.40. The van der Waals surface area contributed by atoms with E-state index in [4.69, 9.17) is 11.6 Å². The van der Waals surface area contributed by atoms with Crippen LogP contribution in [-0.4, -0.2) is 0 Å². The Morgan fingerprint density at radius 1 is 1.14 bits per heavy atom. The van der Waals surface area contributed by atoms with Crippen LogP contribution in [0.25, 0.3) is 0 Å². The molecule has 1 aromatic rings. The molecule has 0 saturated heterocycles. The largest absolute Gasteiger partial charge is 0.122 e. The van der Waals surface area contributed by atoms with E-state index in [1.807, 2.05) is 0 Å². The quantitative estimate of drug-likeness (QED) is 0.632. The normalized spacial score (nSPS) is 10.9. The first-order valence-corrected chi connectivity index (χ1v) is 5.90. The molecule has 0 spiro atoms. The van der Waals surface area contributed by atoms with E-state index in [1.54, 1.807) is 0 Å². The van der Waals surface area contributed by atoms with Gasteiger partial charge in [-0.2, -0.15) is 0 Å². The number of hydrogen-bond acceptors (Lipinski definition) is 0. The molecule has 0 nitrogen and oxygen atoms in total. The number of benzene rings is 1. The molecule has 0 saturated carbocycles. The molecule has 0 amide bonds. The van der Waals surface area contributed by atoms with E-state index in [0.717, 1.165) is 5.92 Å². The van der Waals surface area contributed by atoms with Crippen LogP contribution < -0.4 is 0 Å². The van der Waals surface area contributed by atoms with Gasteiger partial charge in [-0.05, 0) is 29.9 Å². The fourth-order valence-electron chi connectivity index (χ4n) is 1.63. The van der Waals surface area contributed by atoms with Gasteiger partial charge in [0.2, 0.25) is 0 Å². The maximum Gasteiger partial charge on any atom is 0.0476 e. The summed E-state index contributed by atoms with van der Waals surface area (Å²) in [5, 5.41) is 0. The lowest BCUT2D eigenvalue weighted by Crippen LogP contribution is -1.94. The molecule has 78 valence electrons. The summed E-state index contributed by atoms with van der Waals surface area (Å²) in [7, 11) is 0. The Morgan fingerprint density at radius 2 is 1.79 bits per heavy atom. The Morgan fingerprint density at radius 3 is 2.36 bits per heavy atom. The summed E-state index contributed by atoms with van der Waals surface area (Å²) in [6.07, 6.45) is 3.74. The highest BCUT2D eigenvalue weighted by Gasteiger charge is 2.01. The molecule has 0 aromatic heterocycles. The lowest BCUT2D eigenvalue weighted by atomic mass is 9.99. The van der Waals surface area contributed by atoms with E-state index < -0.39 is 0 Å². The second-order valence-electron chi connectivity index (χ2n) is 4.19. The molecule has 0 N–H and O–H groups in total. The highest BCUT2D eigenvalue weighted by molar-refractivity contribution is 6.17. The number of halogens is 1. The van der Waals surface area contributed by atoms with Crippen LogP contribution in [0.5, 0.6) is 0 Å². The maximum atomic E-state index is 5.87. The van der Waals surface area contributed by atoms with Gasteiger partial charge in [-0.3, -0.25) is 0 Å². The minimum Gasteiger partial charge on any atom is -0.122 e. The molecule has 0 fully saturated rings. The third-order valence-corrected chi connectivity index (χ3v) is 2.78. The molecule has 0 unspecified atom stereocenters. The summed E-state index contributed by atoms with van der Waals surface area (Å²) in [5.74, 6) is 1.44. The Kier molecular flexibility index (Phi) is 5.03. The Hall–Kier alpha value is -0.490. The van der Waals surface area contributed by atoms with Gasteiger partial charge in [0.25, 0.3) is 0 Å². The number of aryl methyl sites for hydroxylation is 1. The topological polar surface area (TPSA) is 0 Å². The first kappa shape index (κ1) is 11.6. The molecule has 0 bridgehead atoms.